The van der Waals surface area contributed by atoms with E-state index >= 15 is 0 Å². The van der Waals surface area contributed by atoms with Gasteiger partial charge in [-0.25, -0.2) is 4.39 Å². The van der Waals surface area contributed by atoms with E-state index in [2.05, 4.69) is 5.32 Å². The largest absolute Gasteiger partial charge is 0.479 e. The fourth-order valence-electron chi connectivity index (χ4n) is 1.98. The number of nitrogens with one attached hydrogen (secondary N) is 1. The van der Waals surface area contributed by atoms with Crippen LogP contribution >= 0.6 is 23.2 Å². The summed E-state index contributed by atoms with van der Waals surface area (Å²) >= 11 is 11.9. The van der Waals surface area contributed by atoms with Crippen LogP contribution in [0, 0.1) is 5.82 Å². The molecule has 0 aliphatic heterocycles. The number of ether oxygens (including phenoxy) is 1. The molecular formula is C17H16Cl2FNO2. The molecule has 0 fully saturated rings. The smallest absolute Gasteiger partial charge is 0.261 e. The average molecular weight is 356 g/mol. The Hall–Kier alpha value is -1.78. The lowest BCUT2D eigenvalue weighted by atomic mass is 10.1. The van der Waals surface area contributed by atoms with Gasteiger partial charge in [0.05, 0.1) is 11.1 Å². The van der Waals surface area contributed by atoms with E-state index in [1.807, 2.05) is 6.92 Å². The first-order valence-electron chi connectivity index (χ1n) is 7.05. The molecule has 0 bridgehead atoms. The van der Waals surface area contributed by atoms with Gasteiger partial charge in [0.25, 0.3) is 5.91 Å². The van der Waals surface area contributed by atoms with Gasteiger partial charge in [-0.1, -0.05) is 41.4 Å². The SMILES string of the molecule is C[C@H](Oc1cccc(Cl)c1Cl)C(=O)N[C@H](C)c1ccc(F)cc1. The maximum atomic E-state index is 12.9. The summed E-state index contributed by atoms with van der Waals surface area (Å²) in [4.78, 5) is 12.2. The Labute approximate surface area is 144 Å². The number of halogens is 3. The molecule has 0 spiro atoms. The van der Waals surface area contributed by atoms with Crippen molar-refractivity contribution in [2.75, 3.05) is 0 Å². The van der Waals surface area contributed by atoms with E-state index in [9.17, 15) is 9.18 Å². The first-order chi connectivity index (χ1) is 10.9. The summed E-state index contributed by atoms with van der Waals surface area (Å²) in [7, 11) is 0. The standard InChI is InChI=1S/C17H16Cl2FNO2/c1-10(12-6-8-13(20)9-7-12)21-17(22)11(2)23-15-5-3-4-14(18)16(15)19/h3-11H,1-2H3,(H,21,22)/t10-,11+/m1/s1. The normalized spacial score (nSPS) is 13.3. The topological polar surface area (TPSA) is 38.3 Å². The molecule has 2 aromatic carbocycles. The van der Waals surface area contributed by atoms with Crippen LogP contribution in [-0.2, 0) is 4.79 Å². The lowest BCUT2D eigenvalue weighted by Crippen LogP contribution is -2.37. The predicted octanol–water partition coefficient (Wildman–Crippen LogP) is 4.78. The zero-order valence-corrected chi connectivity index (χ0v) is 14.2. The Morgan fingerprint density at radius 2 is 1.78 bits per heavy atom. The van der Waals surface area contributed by atoms with Gasteiger partial charge >= 0.3 is 0 Å². The Morgan fingerprint density at radius 3 is 2.43 bits per heavy atom. The quantitative estimate of drug-likeness (QED) is 0.838. The summed E-state index contributed by atoms with van der Waals surface area (Å²) < 4.78 is 18.5. The van der Waals surface area contributed by atoms with Gasteiger partial charge in [0.15, 0.2) is 6.10 Å². The van der Waals surface area contributed by atoms with Crippen molar-refractivity contribution in [1.29, 1.82) is 0 Å². The molecule has 1 N–H and O–H groups in total. The fraction of sp³-hybridized carbons (Fsp3) is 0.235. The monoisotopic (exact) mass is 355 g/mol. The van der Waals surface area contributed by atoms with Crippen LogP contribution in [0.15, 0.2) is 42.5 Å². The van der Waals surface area contributed by atoms with Crippen LogP contribution in [0.3, 0.4) is 0 Å². The molecule has 0 unspecified atom stereocenters. The summed E-state index contributed by atoms with van der Waals surface area (Å²) in [5, 5.41) is 3.43. The first-order valence-corrected chi connectivity index (χ1v) is 7.80. The van der Waals surface area contributed by atoms with Crippen LogP contribution in [0.4, 0.5) is 4.39 Å². The average Bonchev–Trinajstić information content (AvgIpc) is 2.52. The first kappa shape index (κ1) is 17.6. The Bertz CT molecular complexity index is 691. The molecule has 0 saturated carbocycles. The fourth-order valence-corrected chi connectivity index (χ4v) is 2.32. The van der Waals surface area contributed by atoms with Crippen LogP contribution in [-0.4, -0.2) is 12.0 Å². The summed E-state index contributed by atoms with van der Waals surface area (Å²) in [5.74, 6) is -0.284. The highest BCUT2D eigenvalue weighted by molar-refractivity contribution is 6.42. The number of carbonyl (C=O) groups excluding carboxylic acids is 1. The van der Waals surface area contributed by atoms with Crippen molar-refractivity contribution in [3.63, 3.8) is 0 Å². The molecule has 1 amide bonds. The van der Waals surface area contributed by atoms with Crippen LogP contribution in [0.2, 0.25) is 10.0 Å². The molecule has 2 rings (SSSR count). The maximum Gasteiger partial charge on any atom is 0.261 e. The van der Waals surface area contributed by atoms with Crippen LogP contribution in [0.1, 0.15) is 25.5 Å². The molecule has 0 aliphatic carbocycles. The summed E-state index contributed by atoms with van der Waals surface area (Å²) in [6.07, 6.45) is -0.756. The van der Waals surface area contributed by atoms with Crippen molar-refractivity contribution in [3.05, 3.63) is 63.9 Å². The zero-order valence-electron chi connectivity index (χ0n) is 12.6. The number of amides is 1. The molecule has 23 heavy (non-hydrogen) atoms. The van der Waals surface area contributed by atoms with Crippen molar-refractivity contribution >= 4 is 29.1 Å². The van der Waals surface area contributed by atoms with E-state index in [1.165, 1.54) is 12.1 Å². The Morgan fingerprint density at radius 1 is 1.13 bits per heavy atom. The van der Waals surface area contributed by atoms with E-state index in [-0.39, 0.29) is 22.8 Å². The van der Waals surface area contributed by atoms with Crippen LogP contribution in [0.5, 0.6) is 5.75 Å². The van der Waals surface area contributed by atoms with Crippen molar-refractivity contribution in [2.24, 2.45) is 0 Å². The minimum atomic E-state index is -0.756. The Kier molecular flexibility index (Phi) is 5.85. The highest BCUT2D eigenvalue weighted by atomic mass is 35.5. The van der Waals surface area contributed by atoms with E-state index in [1.54, 1.807) is 37.3 Å². The molecular weight excluding hydrogens is 340 g/mol. The molecule has 0 radical (unpaired) electrons. The molecule has 0 heterocycles. The lowest BCUT2D eigenvalue weighted by molar-refractivity contribution is -0.127. The maximum absolute atomic E-state index is 12.9. The highest BCUT2D eigenvalue weighted by Crippen LogP contribution is 2.32. The summed E-state index contributed by atoms with van der Waals surface area (Å²) in [6.45, 7) is 3.42. The second-order valence-corrected chi connectivity index (χ2v) is 5.88. The molecule has 2 aromatic rings. The molecule has 6 heteroatoms. The van der Waals surface area contributed by atoms with E-state index < -0.39 is 6.10 Å². The van der Waals surface area contributed by atoms with Gasteiger partial charge in [-0.15, -0.1) is 0 Å². The second-order valence-electron chi connectivity index (χ2n) is 5.09. The molecule has 0 aromatic heterocycles. The van der Waals surface area contributed by atoms with Gasteiger partial charge in [-0.05, 0) is 43.7 Å². The van der Waals surface area contributed by atoms with Gasteiger partial charge < -0.3 is 10.1 Å². The van der Waals surface area contributed by atoms with Crippen LogP contribution < -0.4 is 10.1 Å². The summed E-state index contributed by atoms with van der Waals surface area (Å²) in [5.41, 5.74) is 0.799. The number of carbonyl (C=O) groups is 1. The molecule has 2 atom stereocenters. The minimum Gasteiger partial charge on any atom is -0.479 e. The van der Waals surface area contributed by atoms with Gasteiger partial charge in [0, 0.05) is 0 Å². The van der Waals surface area contributed by atoms with Gasteiger partial charge in [-0.3, -0.25) is 4.79 Å². The number of rotatable bonds is 5. The number of hydrogen-bond acceptors (Lipinski definition) is 2. The summed E-state index contributed by atoms with van der Waals surface area (Å²) in [6, 6.07) is 10.6. The van der Waals surface area contributed by atoms with Crippen LogP contribution in [0.25, 0.3) is 0 Å². The molecule has 0 saturated heterocycles. The molecule has 0 aliphatic rings. The molecule has 122 valence electrons. The van der Waals surface area contributed by atoms with Crippen molar-refractivity contribution < 1.29 is 13.9 Å². The number of benzene rings is 2. The third-order valence-corrected chi connectivity index (χ3v) is 4.12. The van der Waals surface area contributed by atoms with Crippen molar-refractivity contribution in [3.8, 4) is 5.75 Å². The minimum absolute atomic E-state index is 0.264. The Balaban J connectivity index is 1.99. The van der Waals surface area contributed by atoms with E-state index in [0.29, 0.717) is 10.8 Å². The van der Waals surface area contributed by atoms with Gasteiger partial charge in [0.1, 0.15) is 16.6 Å². The second kappa shape index (κ2) is 7.66. The predicted molar refractivity (Wildman–Crippen MR) is 89.5 cm³/mol. The zero-order chi connectivity index (χ0) is 17.0. The van der Waals surface area contributed by atoms with Gasteiger partial charge in [-0.2, -0.15) is 0 Å². The van der Waals surface area contributed by atoms with Crippen molar-refractivity contribution in [2.45, 2.75) is 26.0 Å². The van der Waals surface area contributed by atoms with Gasteiger partial charge in [0.2, 0.25) is 0 Å². The van der Waals surface area contributed by atoms with E-state index in [0.717, 1.165) is 5.56 Å². The van der Waals surface area contributed by atoms with Crippen molar-refractivity contribution in [1.82, 2.24) is 5.32 Å². The third kappa shape index (κ3) is 4.60. The third-order valence-electron chi connectivity index (χ3n) is 3.32. The van der Waals surface area contributed by atoms with E-state index in [4.69, 9.17) is 27.9 Å². The molecule has 3 nitrogen and oxygen atoms in total. The lowest BCUT2D eigenvalue weighted by Gasteiger charge is -2.19. The number of hydrogen-bond donors (Lipinski definition) is 1. The highest BCUT2D eigenvalue weighted by Gasteiger charge is 2.19.